The van der Waals surface area contributed by atoms with Gasteiger partial charge in [-0.25, -0.2) is 4.79 Å². The number of ketones is 1. The molecule has 1 saturated heterocycles. The number of fused-ring (bicyclic) bond motifs is 7. The average Bonchev–Trinajstić information content (AvgIpc) is 3.30. The van der Waals surface area contributed by atoms with Crippen molar-refractivity contribution in [2.75, 3.05) is 26.2 Å². The number of nitrogens with zero attached hydrogens (tertiary/aromatic N) is 1. The molecule has 0 spiro atoms. The van der Waals surface area contributed by atoms with E-state index >= 15 is 0 Å². The van der Waals surface area contributed by atoms with Gasteiger partial charge in [-0.15, -0.1) is 0 Å². The fraction of sp³-hybridized carbons (Fsp3) is 0.846. The summed E-state index contributed by atoms with van der Waals surface area (Å²) in [4.78, 5) is 53.9. The van der Waals surface area contributed by atoms with Gasteiger partial charge in [0.15, 0.2) is 5.78 Å². The zero-order valence-corrected chi connectivity index (χ0v) is 30.4. The number of rotatable bonds is 6. The van der Waals surface area contributed by atoms with Gasteiger partial charge in [-0.1, -0.05) is 55.4 Å². The highest BCUT2D eigenvalue weighted by atomic mass is 16.5. The first-order chi connectivity index (χ1) is 22.0. The Morgan fingerprint density at radius 2 is 1.66 bits per heavy atom. The topological polar surface area (TPSA) is 105 Å². The van der Waals surface area contributed by atoms with Gasteiger partial charge in [-0.2, -0.15) is 0 Å². The van der Waals surface area contributed by atoms with Crippen molar-refractivity contribution in [3.63, 3.8) is 0 Å². The fourth-order valence-corrected chi connectivity index (χ4v) is 12.4. The number of Topliss-reactive ketones (excluding diaryl/α,β-unsaturated/α-hetero) is 1. The van der Waals surface area contributed by atoms with E-state index < -0.39 is 11.0 Å². The van der Waals surface area contributed by atoms with E-state index in [1.807, 2.05) is 4.90 Å². The summed E-state index contributed by atoms with van der Waals surface area (Å²) in [6, 6.07) is -0.0115. The van der Waals surface area contributed by atoms with Crippen LogP contribution in [0.1, 0.15) is 120 Å². The van der Waals surface area contributed by atoms with Crippen molar-refractivity contribution in [3.8, 4) is 0 Å². The van der Waals surface area contributed by atoms with Gasteiger partial charge in [0.2, 0.25) is 0 Å². The summed E-state index contributed by atoms with van der Waals surface area (Å²) in [5.74, 6) is 1.93. The van der Waals surface area contributed by atoms with Gasteiger partial charge in [0.25, 0.3) is 0 Å². The average molecular weight is 652 g/mol. The largest absolute Gasteiger partial charge is 0.462 e. The van der Waals surface area contributed by atoms with Crippen LogP contribution in [0.2, 0.25) is 0 Å². The van der Waals surface area contributed by atoms with Crippen molar-refractivity contribution in [1.29, 1.82) is 0 Å². The standard InChI is InChI=1S/C39H61N3O5/c1-24(2)32-27(44)21-39(41-34(46)42-19-17-40-18-20-42)16-11-26-25(33(32)39)9-10-29-37(26,7)14-12-28-36(5,6)30(13-15-38(28,29)8)47-31(45)22-35(3,4)23-43/h23-26,28-30,40H,9-22H2,1-8H3,(H,41,46). The van der Waals surface area contributed by atoms with Crippen molar-refractivity contribution in [2.24, 2.45) is 51.2 Å². The summed E-state index contributed by atoms with van der Waals surface area (Å²) in [6.45, 7) is 20.6. The molecule has 4 saturated carbocycles. The number of amides is 2. The van der Waals surface area contributed by atoms with Crippen LogP contribution in [0.5, 0.6) is 0 Å². The normalized spacial score (nSPS) is 39.8. The molecule has 1 aliphatic heterocycles. The maximum atomic E-state index is 13.8. The SMILES string of the molecule is CC(C)C1=C2C3CCC4C(C)(CCC5C(C)(C)C(OC(=O)CC(C)(C)C=O)CCC54C)C3CCC2(NC(=O)N2CCNCC2)CC1=O. The molecule has 0 aromatic heterocycles. The second-order valence-electron chi connectivity index (χ2n) is 18.4. The smallest absolute Gasteiger partial charge is 0.318 e. The highest BCUT2D eigenvalue weighted by Gasteiger charge is 2.67. The number of nitrogens with one attached hydrogen (secondary N) is 2. The van der Waals surface area contributed by atoms with Crippen LogP contribution in [0.3, 0.4) is 0 Å². The van der Waals surface area contributed by atoms with Crippen molar-refractivity contribution < 1.29 is 23.9 Å². The first-order valence-corrected chi connectivity index (χ1v) is 18.7. The van der Waals surface area contributed by atoms with E-state index in [0.29, 0.717) is 43.2 Å². The van der Waals surface area contributed by atoms with Gasteiger partial charge in [-0.05, 0) is 103 Å². The molecule has 262 valence electrons. The number of carbonyl (C=O) groups is 4. The molecular formula is C39H61N3O5. The molecule has 47 heavy (non-hydrogen) atoms. The first-order valence-electron chi connectivity index (χ1n) is 18.7. The van der Waals surface area contributed by atoms with Crippen LogP contribution in [0.15, 0.2) is 11.1 Å². The minimum absolute atomic E-state index is 0.0115. The Labute approximate surface area is 283 Å². The molecule has 8 nitrogen and oxygen atoms in total. The van der Waals surface area contributed by atoms with Gasteiger partial charge in [0.05, 0.1) is 12.0 Å². The number of esters is 1. The number of ether oxygens (including phenoxy) is 1. The molecule has 1 heterocycles. The molecule has 8 heteroatoms. The number of allylic oxidation sites excluding steroid dienone is 1. The lowest BCUT2D eigenvalue weighted by molar-refractivity contribution is -0.213. The molecule has 2 N–H and O–H groups in total. The van der Waals surface area contributed by atoms with Crippen molar-refractivity contribution in [2.45, 2.75) is 131 Å². The van der Waals surface area contributed by atoms with E-state index in [2.05, 4.69) is 52.2 Å². The zero-order valence-electron chi connectivity index (χ0n) is 30.4. The number of hydrogen-bond acceptors (Lipinski definition) is 6. The van der Waals surface area contributed by atoms with Crippen LogP contribution in [0.4, 0.5) is 4.79 Å². The molecule has 0 aromatic rings. The molecule has 8 atom stereocenters. The molecule has 5 aliphatic carbocycles. The third-order valence-corrected chi connectivity index (χ3v) is 14.5. The van der Waals surface area contributed by atoms with Crippen LogP contribution < -0.4 is 10.6 Å². The second-order valence-corrected chi connectivity index (χ2v) is 18.4. The molecule has 8 unspecified atom stereocenters. The van der Waals surface area contributed by atoms with E-state index in [9.17, 15) is 19.2 Å². The quantitative estimate of drug-likeness (QED) is 0.252. The van der Waals surface area contributed by atoms with Crippen molar-refractivity contribution >= 4 is 24.1 Å². The van der Waals surface area contributed by atoms with E-state index in [4.69, 9.17) is 4.74 Å². The van der Waals surface area contributed by atoms with Crippen molar-refractivity contribution in [1.82, 2.24) is 15.5 Å². The van der Waals surface area contributed by atoms with E-state index in [0.717, 1.165) is 76.3 Å². The highest BCUT2D eigenvalue weighted by Crippen LogP contribution is 2.72. The Hall–Kier alpha value is -2.22. The lowest BCUT2D eigenvalue weighted by atomic mass is 9.37. The Bertz CT molecular complexity index is 1330. The Morgan fingerprint density at radius 3 is 2.32 bits per heavy atom. The maximum Gasteiger partial charge on any atom is 0.318 e. The summed E-state index contributed by atoms with van der Waals surface area (Å²) >= 11 is 0. The summed E-state index contributed by atoms with van der Waals surface area (Å²) in [5.41, 5.74) is 1.16. The number of hydrogen-bond donors (Lipinski definition) is 2. The monoisotopic (exact) mass is 651 g/mol. The highest BCUT2D eigenvalue weighted by molar-refractivity contribution is 6.02. The Balaban J connectivity index is 1.26. The predicted octanol–water partition coefficient (Wildman–Crippen LogP) is 6.47. The van der Waals surface area contributed by atoms with E-state index in [1.165, 1.54) is 5.57 Å². The molecule has 0 aromatic carbocycles. The molecule has 0 radical (unpaired) electrons. The zero-order chi connectivity index (χ0) is 34.2. The molecular weight excluding hydrogens is 590 g/mol. The van der Waals surface area contributed by atoms with Crippen molar-refractivity contribution in [3.05, 3.63) is 11.1 Å². The van der Waals surface area contributed by atoms with Gasteiger partial charge in [-0.3, -0.25) is 9.59 Å². The van der Waals surface area contributed by atoms with E-state index in [1.54, 1.807) is 13.8 Å². The third kappa shape index (κ3) is 5.60. The van der Waals surface area contributed by atoms with Crippen LogP contribution in [0, 0.1) is 51.2 Å². The number of piperazine rings is 1. The van der Waals surface area contributed by atoms with Gasteiger partial charge < -0.3 is 25.1 Å². The number of aldehydes is 1. The molecule has 5 fully saturated rings. The van der Waals surface area contributed by atoms with E-state index in [-0.39, 0.29) is 52.5 Å². The molecule has 6 rings (SSSR count). The lowest BCUT2D eigenvalue weighted by Crippen LogP contribution is -2.65. The minimum atomic E-state index is -0.712. The van der Waals surface area contributed by atoms with Gasteiger partial charge in [0, 0.05) is 43.4 Å². The van der Waals surface area contributed by atoms with Crippen LogP contribution >= 0.6 is 0 Å². The number of urea groups is 1. The third-order valence-electron chi connectivity index (χ3n) is 14.5. The molecule has 6 aliphatic rings. The summed E-state index contributed by atoms with van der Waals surface area (Å²) in [5, 5.41) is 6.86. The summed E-state index contributed by atoms with van der Waals surface area (Å²) in [7, 11) is 0. The molecule has 2 amide bonds. The Kier molecular flexibility index (Phi) is 8.83. The summed E-state index contributed by atoms with van der Waals surface area (Å²) < 4.78 is 6.19. The second kappa shape index (κ2) is 12.0. The minimum Gasteiger partial charge on any atom is -0.462 e. The lowest BCUT2D eigenvalue weighted by Gasteiger charge is -2.68. The predicted molar refractivity (Wildman–Crippen MR) is 182 cm³/mol. The van der Waals surface area contributed by atoms with Gasteiger partial charge in [0.1, 0.15) is 12.4 Å². The summed E-state index contributed by atoms with van der Waals surface area (Å²) in [6.07, 6.45) is 9.45. The van der Waals surface area contributed by atoms with Crippen LogP contribution in [0.25, 0.3) is 0 Å². The van der Waals surface area contributed by atoms with Crippen LogP contribution in [-0.4, -0.2) is 66.8 Å². The first kappa shape index (κ1) is 34.6. The number of carbonyl (C=O) groups excluding carboxylic acids is 4. The van der Waals surface area contributed by atoms with Gasteiger partial charge >= 0.3 is 12.0 Å². The fourth-order valence-electron chi connectivity index (χ4n) is 12.4. The maximum absolute atomic E-state index is 13.8. The molecule has 0 bridgehead atoms. The Morgan fingerprint density at radius 1 is 0.979 bits per heavy atom. The van der Waals surface area contributed by atoms with Crippen LogP contribution in [-0.2, 0) is 19.1 Å².